The quantitative estimate of drug-likeness (QED) is 0.805. The average molecular weight is 373 g/mol. The molecule has 0 spiro atoms. The van der Waals surface area contributed by atoms with Crippen LogP contribution in [0.2, 0.25) is 0 Å². The standard InChI is InChI=1S/C17H15N3O3S2/c1-19-14-5-6-15(12-3-2-4-13(16(12)14)17(19)21)25(22,23)20-7-8-24-10-11(20)9-18/h2-6,11H,7-8,10H2,1H3. The SMILES string of the molecule is CN1C(=O)c2cccc3c(S(=O)(=O)N4CCSCC4C#N)ccc1c23. The second kappa shape index (κ2) is 5.73. The fourth-order valence-electron chi connectivity index (χ4n) is 3.44. The monoisotopic (exact) mass is 373 g/mol. The summed E-state index contributed by atoms with van der Waals surface area (Å²) in [6.45, 7) is 0.312. The van der Waals surface area contributed by atoms with Crippen molar-refractivity contribution < 1.29 is 13.2 Å². The molecule has 4 rings (SSSR count). The number of thioether (sulfide) groups is 1. The first-order chi connectivity index (χ1) is 12.0. The number of hydrogen-bond acceptors (Lipinski definition) is 5. The molecule has 0 radical (unpaired) electrons. The van der Waals surface area contributed by atoms with E-state index in [4.69, 9.17) is 0 Å². The second-order valence-corrected chi connectivity index (χ2v) is 9.02. The number of rotatable bonds is 2. The summed E-state index contributed by atoms with van der Waals surface area (Å²) in [7, 11) is -2.14. The van der Waals surface area contributed by atoms with Gasteiger partial charge in [0.05, 0.1) is 16.7 Å². The number of amides is 1. The van der Waals surface area contributed by atoms with Gasteiger partial charge in [0.2, 0.25) is 10.0 Å². The van der Waals surface area contributed by atoms with Crippen LogP contribution in [0, 0.1) is 11.3 Å². The summed E-state index contributed by atoms with van der Waals surface area (Å²) < 4.78 is 27.8. The number of hydrogen-bond donors (Lipinski definition) is 0. The zero-order valence-corrected chi connectivity index (χ0v) is 15.1. The van der Waals surface area contributed by atoms with Crippen molar-refractivity contribution in [1.29, 1.82) is 5.26 Å². The number of benzene rings is 2. The molecule has 0 N–H and O–H groups in total. The van der Waals surface area contributed by atoms with Gasteiger partial charge in [0.1, 0.15) is 6.04 Å². The molecule has 1 saturated heterocycles. The van der Waals surface area contributed by atoms with Gasteiger partial charge in [-0.2, -0.15) is 21.3 Å². The lowest BCUT2D eigenvalue weighted by Gasteiger charge is -2.30. The molecular weight excluding hydrogens is 358 g/mol. The molecule has 2 aromatic rings. The Kier molecular flexibility index (Phi) is 3.76. The maximum atomic E-state index is 13.2. The summed E-state index contributed by atoms with van der Waals surface area (Å²) in [5.74, 6) is 0.998. The summed E-state index contributed by atoms with van der Waals surface area (Å²) in [4.78, 5) is 14.0. The maximum Gasteiger partial charge on any atom is 0.258 e. The van der Waals surface area contributed by atoms with Gasteiger partial charge in [-0.25, -0.2) is 8.42 Å². The third kappa shape index (κ3) is 2.27. The Labute approximate surface area is 150 Å². The van der Waals surface area contributed by atoms with Crippen LogP contribution in [0.5, 0.6) is 0 Å². The topological polar surface area (TPSA) is 81.5 Å². The minimum absolute atomic E-state index is 0.139. The molecule has 2 aliphatic heterocycles. The van der Waals surface area contributed by atoms with Crippen molar-refractivity contribution >= 4 is 44.2 Å². The number of nitrogens with zero attached hydrogens (tertiary/aromatic N) is 3. The van der Waals surface area contributed by atoms with Crippen molar-refractivity contribution in [2.75, 3.05) is 30.0 Å². The van der Waals surface area contributed by atoms with Crippen LogP contribution < -0.4 is 4.90 Å². The maximum absolute atomic E-state index is 13.2. The molecule has 1 atom stereocenters. The Morgan fingerprint density at radius 3 is 2.84 bits per heavy atom. The summed E-state index contributed by atoms with van der Waals surface area (Å²) in [5.41, 5.74) is 1.22. The summed E-state index contributed by atoms with van der Waals surface area (Å²) >= 11 is 1.58. The predicted octanol–water partition coefficient (Wildman–Crippen LogP) is 2.06. The van der Waals surface area contributed by atoms with Crippen LogP contribution in [-0.2, 0) is 10.0 Å². The Morgan fingerprint density at radius 2 is 2.08 bits per heavy atom. The zero-order valence-electron chi connectivity index (χ0n) is 13.5. The Balaban J connectivity index is 1.94. The van der Waals surface area contributed by atoms with Crippen LogP contribution >= 0.6 is 11.8 Å². The molecule has 8 heteroatoms. The largest absolute Gasteiger partial charge is 0.311 e. The fourth-order valence-corrected chi connectivity index (χ4v) is 6.35. The van der Waals surface area contributed by atoms with Gasteiger partial charge in [-0.1, -0.05) is 12.1 Å². The highest BCUT2D eigenvalue weighted by Gasteiger charge is 2.36. The van der Waals surface area contributed by atoms with Crippen molar-refractivity contribution in [2.24, 2.45) is 0 Å². The van der Waals surface area contributed by atoms with Crippen LogP contribution in [-0.4, -0.2) is 49.8 Å². The third-order valence-electron chi connectivity index (χ3n) is 4.69. The molecule has 6 nitrogen and oxygen atoms in total. The van der Waals surface area contributed by atoms with E-state index in [-0.39, 0.29) is 10.8 Å². The van der Waals surface area contributed by atoms with E-state index in [0.29, 0.717) is 40.1 Å². The first-order valence-electron chi connectivity index (χ1n) is 7.80. The first kappa shape index (κ1) is 16.4. The van der Waals surface area contributed by atoms with Gasteiger partial charge in [-0.05, 0) is 18.2 Å². The number of carbonyl (C=O) groups is 1. The van der Waals surface area contributed by atoms with Crippen LogP contribution in [0.4, 0.5) is 5.69 Å². The van der Waals surface area contributed by atoms with Gasteiger partial charge in [0.15, 0.2) is 0 Å². The van der Waals surface area contributed by atoms with E-state index in [1.54, 1.807) is 49.1 Å². The molecule has 25 heavy (non-hydrogen) atoms. The Morgan fingerprint density at radius 1 is 1.28 bits per heavy atom. The molecule has 1 unspecified atom stereocenters. The van der Waals surface area contributed by atoms with Crippen molar-refractivity contribution in [1.82, 2.24) is 4.31 Å². The van der Waals surface area contributed by atoms with E-state index < -0.39 is 16.1 Å². The number of sulfonamides is 1. The van der Waals surface area contributed by atoms with Crippen LogP contribution in [0.3, 0.4) is 0 Å². The lowest BCUT2D eigenvalue weighted by molar-refractivity contribution is 0.0999. The minimum Gasteiger partial charge on any atom is -0.311 e. The molecule has 0 aromatic heterocycles. The third-order valence-corrected chi connectivity index (χ3v) is 7.68. The summed E-state index contributed by atoms with van der Waals surface area (Å²) in [6, 6.07) is 9.77. The smallest absolute Gasteiger partial charge is 0.258 e. The minimum atomic E-state index is -3.82. The van der Waals surface area contributed by atoms with Crippen LogP contribution in [0.1, 0.15) is 10.4 Å². The zero-order chi connectivity index (χ0) is 17.8. The number of anilines is 1. The highest BCUT2D eigenvalue weighted by atomic mass is 32.2. The molecule has 2 aliphatic rings. The van der Waals surface area contributed by atoms with Crippen LogP contribution in [0.15, 0.2) is 35.2 Å². The molecular formula is C17H15N3O3S2. The Hall–Kier alpha value is -2.08. The molecule has 2 aromatic carbocycles. The van der Waals surface area contributed by atoms with E-state index >= 15 is 0 Å². The molecule has 0 bridgehead atoms. The van der Waals surface area contributed by atoms with Gasteiger partial charge in [-0.3, -0.25) is 4.79 Å². The predicted molar refractivity (Wildman–Crippen MR) is 97.3 cm³/mol. The van der Waals surface area contributed by atoms with E-state index in [1.807, 2.05) is 0 Å². The second-order valence-electron chi connectivity index (χ2n) is 6.01. The average Bonchev–Trinajstić information content (AvgIpc) is 2.88. The molecule has 0 aliphatic carbocycles. The molecule has 0 saturated carbocycles. The van der Waals surface area contributed by atoms with Gasteiger partial charge in [-0.15, -0.1) is 0 Å². The summed E-state index contributed by atoms with van der Waals surface area (Å²) in [6.07, 6.45) is 0. The summed E-state index contributed by atoms with van der Waals surface area (Å²) in [5, 5.41) is 10.5. The molecule has 2 heterocycles. The highest BCUT2D eigenvalue weighted by Crippen LogP contribution is 2.40. The van der Waals surface area contributed by atoms with Crippen molar-refractivity contribution in [3.05, 3.63) is 35.9 Å². The van der Waals surface area contributed by atoms with E-state index in [1.165, 1.54) is 9.21 Å². The van der Waals surface area contributed by atoms with Gasteiger partial charge in [0.25, 0.3) is 5.91 Å². The Bertz CT molecular complexity index is 1040. The van der Waals surface area contributed by atoms with Crippen LogP contribution in [0.25, 0.3) is 10.8 Å². The molecule has 1 amide bonds. The molecule has 128 valence electrons. The first-order valence-corrected chi connectivity index (χ1v) is 10.4. The normalized spacial score (nSPS) is 20.9. The van der Waals surface area contributed by atoms with Crippen molar-refractivity contribution in [3.63, 3.8) is 0 Å². The molecule has 1 fully saturated rings. The lowest BCUT2D eigenvalue weighted by Crippen LogP contribution is -2.45. The number of nitriles is 1. The van der Waals surface area contributed by atoms with Gasteiger partial charge < -0.3 is 4.90 Å². The van der Waals surface area contributed by atoms with Gasteiger partial charge in [0, 0.05) is 41.4 Å². The van der Waals surface area contributed by atoms with E-state index in [0.717, 1.165) is 0 Å². The van der Waals surface area contributed by atoms with E-state index in [2.05, 4.69) is 6.07 Å². The van der Waals surface area contributed by atoms with Gasteiger partial charge >= 0.3 is 0 Å². The number of carbonyl (C=O) groups excluding carboxylic acids is 1. The van der Waals surface area contributed by atoms with Crippen molar-refractivity contribution in [2.45, 2.75) is 10.9 Å². The highest BCUT2D eigenvalue weighted by molar-refractivity contribution is 7.99. The lowest BCUT2D eigenvalue weighted by atomic mass is 10.1. The van der Waals surface area contributed by atoms with Crippen molar-refractivity contribution in [3.8, 4) is 6.07 Å². The fraction of sp³-hybridized carbons (Fsp3) is 0.294. The van der Waals surface area contributed by atoms with E-state index in [9.17, 15) is 18.5 Å².